The maximum Gasteiger partial charge on any atom is 0.327 e. The average molecular weight is 572 g/mol. The summed E-state index contributed by atoms with van der Waals surface area (Å²) < 4.78 is 39.3. The van der Waals surface area contributed by atoms with Crippen LogP contribution in [0, 0.1) is 5.92 Å². The van der Waals surface area contributed by atoms with E-state index in [4.69, 9.17) is 9.47 Å². The van der Waals surface area contributed by atoms with Gasteiger partial charge in [-0.3, -0.25) is 9.69 Å². The third-order valence-corrected chi connectivity index (χ3v) is 9.59. The first-order valence-corrected chi connectivity index (χ1v) is 14.9. The van der Waals surface area contributed by atoms with Crippen LogP contribution in [0.1, 0.15) is 37.8 Å². The molecule has 0 bridgehead atoms. The van der Waals surface area contributed by atoms with E-state index in [-0.39, 0.29) is 60.9 Å². The maximum absolute atomic E-state index is 13.8. The Morgan fingerprint density at radius 1 is 0.975 bits per heavy atom. The molecule has 2 aliphatic heterocycles. The van der Waals surface area contributed by atoms with Crippen LogP contribution in [0.15, 0.2) is 47.4 Å². The standard InChI is InChI=1S/C29H37N3O7S/c1-21(2)20-31-27(34)29(32(28(31)35)15-11-22-5-8-24(38-3)9-6-22)13-16-30(17-14-29)40(36,37)26-19-23(12-18-33)7-10-25(26)39-4/h5-10,18-19,21H,11-17,20H2,1-4H3. The molecule has 0 atom stereocenters. The Kier molecular flexibility index (Phi) is 8.84. The second-order valence-electron chi connectivity index (χ2n) is 10.6. The van der Waals surface area contributed by atoms with Crippen LogP contribution in [-0.2, 0) is 32.5 Å². The van der Waals surface area contributed by atoms with Gasteiger partial charge in [-0.15, -0.1) is 0 Å². The molecule has 11 heteroatoms. The van der Waals surface area contributed by atoms with E-state index in [1.54, 1.807) is 24.1 Å². The van der Waals surface area contributed by atoms with Crippen LogP contribution in [0.2, 0.25) is 0 Å². The zero-order valence-corrected chi connectivity index (χ0v) is 24.3. The van der Waals surface area contributed by atoms with E-state index in [9.17, 15) is 22.8 Å². The number of aldehydes is 1. The van der Waals surface area contributed by atoms with Crippen molar-refractivity contribution in [3.8, 4) is 11.5 Å². The summed E-state index contributed by atoms with van der Waals surface area (Å²) in [7, 11) is -0.990. The summed E-state index contributed by atoms with van der Waals surface area (Å²) in [5, 5.41) is 0. The molecular weight excluding hydrogens is 534 g/mol. The van der Waals surface area contributed by atoms with Crippen LogP contribution in [-0.4, -0.2) is 86.7 Å². The highest BCUT2D eigenvalue weighted by molar-refractivity contribution is 7.89. The third-order valence-electron chi connectivity index (χ3n) is 7.67. The van der Waals surface area contributed by atoms with Gasteiger partial charge in [0.05, 0.1) is 14.2 Å². The molecule has 2 aromatic carbocycles. The lowest BCUT2D eigenvalue weighted by atomic mass is 9.86. The summed E-state index contributed by atoms with van der Waals surface area (Å²) in [5.74, 6) is 0.755. The molecule has 0 saturated carbocycles. The summed E-state index contributed by atoms with van der Waals surface area (Å²) >= 11 is 0. The van der Waals surface area contributed by atoms with Crippen molar-refractivity contribution in [3.63, 3.8) is 0 Å². The van der Waals surface area contributed by atoms with Gasteiger partial charge in [0.1, 0.15) is 28.2 Å². The van der Waals surface area contributed by atoms with E-state index in [0.717, 1.165) is 17.6 Å². The normalized spacial score (nSPS) is 17.6. The van der Waals surface area contributed by atoms with Crippen LogP contribution in [0.4, 0.5) is 4.79 Å². The molecular formula is C29H37N3O7S. The van der Waals surface area contributed by atoms with E-state index in [1.807, 2.05) is 38.1 Å². The van der Waals surface area contributed by atoms with Crippen molar-refractivity contribution < 1.29 is 32.3 Å². The Labute approximate surface area is 235 Å². The zero-order chi connectivity index (χ0) is 29.1. The topological polar surface area (TPSA) is 114 Å². The first-order chi connectivity index (χ1) is 19.1. The summed E-state index contributed by atoms with van der Waals surface area (Å²) in [4.78, 5) is 41.4. The van der Waals surface area contributed by atoms with Crippen LogP contribution in [0.5, 0.6) is 11.5 Å². The smallest absolute Gasteiger partial charge is 0.327 e. The molecule has 2 saturated heterocycles. The molecule has 1 spiro atoms. The number of sulfonamides is 1. The molecule has 3 amide bonds. The van der Waals surface area contributed by atoms with Gasteiger partial charge in [-0.25, -0.2) is 13.2 Å². The first kappa shape index (κ1) is 29.5. The summed E-state index contributed by atoms with van der Waals surface area (Å²) in [6.07, 6.45) is 1.72. The van der Waals surface area contributed by atoms with Crippen molar-refractivity contribution in [2.75, 3.05) is 40.4 Å². The van der Waals surface area contributed by atoms with Gasteiger partial charge >= 0.3 is 6.03 Å². The Balaban J connectivity index is 1.59. The van der Waals surface area contributed by atoms with Gasteiger partial charge in [0.15, 0.2) is 0 Å². The van der Waals surface area contributed by atoms with Crippen molar-refractivity contribution >= 4 is 28.2 Å². The number of urea groups is 1. The third kappa shape index (κ3) is 5.57. The number of piperidine rings is 1. The average Bonchev–Trinajstić information content (AvgIpc) is 3.13. The quantitative estimate of drug-likeness (QED) is 0.301. The van der Waals surface area contributed by atoms with Crippen molar-refractivity contribution in [1.82, 2.24) is 14.1 Å². The summed E-state index contributed by atoms with van der Waals surface area (Å²) in [6, 6.07) is 11.9. The van der Waals surface area contributed by atoms with Crippen molar-refractivity contribution in [3.05, 3.63) is 53.6 Å². The van der Waals surface area contributed by atoms with Crippen molar-refractivity contribution in [1.29, 1.82) is 0 Å². The van der Waals surface area contributed by atoms with Gasteiger partial charge in [0.2, 0.25) is 10.0 Å². The van der Waals surface area contributed by atoms with Gasteiger partial charge in [-0.05, 0) is 60.6 Å². The van der Waals surface area contributed by atoms with Gasteiger partial charge < -0.3 is 19.2 Å². The molecule has 2 aromatic rings. The number of ether oxygens (including phenoxy) is 2. The Hall–Kier alpha value is -3.44. The molecule has 40 heavy (non-hydrogen) atoms. The zero-order valence-electron chi connectivity index (χ0n) is 23.5. The number of hydrogen-bond donors (Lipinski definition) is 0. The van der Waals surface area contributed by atoms with Crippen LogP contribution in [0.3, 0.4) is 0 Å². The number of carbonyl (C=O) groups is 3. The molecule has 0 N–H and O–H groups in total. The van der Waals surface area contributed by atoms with Crippen molar-refractivity contribution in [2.45, 2.75) is 50.0 Å². The fourth-order valence-electron chi connectivity index (χ4n) is 5.52. The second-order valence-corrected chi connectivity index (χ2v) is 12.5. The molecule has 0 aliphatic carbocycles. The predicted octanol–water partition coefficient (Wildman–Crippen LogP) is 3.13. The lowest BCUT2D eigenvalue weighted by molar-refractivity contribution is -0.135. The van der Waals surface area contributed by atoms with Crippen LogP contribution < -0.4 is 9.47 Å². The molecule has 10 nitrogen and oxygen atoms in total. The molecule has 4 rings (SSSR count). The fraction of sp³-hybridized carbons (Fsp3) is 0.483. The van der Waals surface area contributed by atoms with E-state index in [0.29, 0.717) is 25.1 Å². The molecule has 0 aromatic heterocycles. The molecule has 0 unspecified atom stereocenters. The Morgan fingerprint density at radius 3 is 2.20 bits per heavy atom. The summed E-state index contributed by atoms with van der Waals surface area (Å²) in [5.41, 5.74) is 0.461. The van der Waals surface area contributed by atoms with Gasteiger partial charge in [-0.2, -0.15) is 4.31 Å². The van der Waals surface area contributed by atoms with E-state index in [1.165, 1.54) is 22.4 Å². The Morgan fingerprint density at radius 2 is 1.62 bits per heavy atom. The first-order valence-electron chi connectivity index (χ1n) is 13.4. The van der Waals surface area contributed by atoms with E-state index in [2.05, 4.69) is 0 Å². The lowest BCUT2D eigenvalue weighted by Crippen LogP contribution is -2.57. The number of benzene rings is 2. The van der Waals surface area contributed by atoms with E-state index < -0.39 is 15.6 Å². The fourth-order valence-corrected chi connectivity index (χ4v) is 7.16. The number of rotatable bonds is 11. The molecule has 0 radical (unpaired) electrons. The number of carbonyl (C=O) groups excluding carboxylic acids is 3. The largest absolute Gasteiger partial charge is 0.497 e. The number of amides is 3. The highest BCUT2D eigenvalue weighted by Gasteiger charge is 2.58. The monoisotopic (exact) mass is 571 g/mol. The number of nitrogens with zero attached hydrogens (tertiary/aromatic N) is 3. The van der Waals surface area contributed by atoms with Crippen LogP contribution >= 0.6 is 0 Å². The summed E-state index contributed by atoms with van der Waals surface area (Å²) in [6.45, 7) is 4.68. The predicted molar refractivity (Wildman–Crippen MR) is 149 cm³/mol. The second kappa shape index (κ2) is 12.0. The highest BCUT2D eigenvalue weighted by atomic mass is 32.2. The number of methoxy groups -OCH3 is 2. The molecule has 216 valence electrons. The Bertz CT molecular complexity index is 1350. The number of hydrogen-bond acceptors (Lipinski definition) is 7. The number of imide groups is 1. The van der Waals surface area contributed by atoms with Gasteiger partial charge in [-0.1, -0.05) is 32.0 Å². The lowest BCUT2D eigenvalue weighted by Gasteiger charge is -2.41. The minimum atomic E-state index is -3.98. The molecule has 2 heterocycles. The van der Waals surface area contributed by atoms with E-state index >= 15 is 0 Å². The highest BCUT2D eigenvalue weighted by Crippen LogP contribution is 2.40. The van der Waals surface area contributed by atoms with Gasteiger partial charge in [0.25, 0.3) is 5.91 Å². The molecule has 2 aliphatic rings. The van der Waals surface area contributed by atoms with Crippen LogP contribution in [0.25, 0.3) is 0 Å². The SMILES string of the molecule is COc1ccc(CCN2C(=O)N(CC(C)C)C(=O)C23CCN(S(=O)(=O)c2cc(CC=O)ccc2OC)CC3)cc1. The minimum Gasteiger partial charge on any atom is -0.497 e. The molecule has 2 fully saturated rings. The van der Waals surface area contributed by atoms with Gasteiger partial charge in [0, 0.05) is 32.6 Å². The van der Waals surface area contributed by atoms with Crippen molar-refractivity contribution in [2.24, 2.45) is 5.92 Å². The maximum atomic E-state index is 13.8. The minimum absolute atomic E-state index is 0.0167.